The fraction of sp³-hybridized carbons (Fsp3) is 0.412. The lowest BCUT2D eigenvalue weighted by Crippen LogP contribution is -2.38. The van der Waals surface area contributed by atoms with Crippen molar-refractivity contribution in [3.8, 4) is 5.69 Å². The second kappa shape index (κ2) is 9.42. The molecule has 2 heterocycles. The van der Waals surface area contributed by atoms with Crippen LogP contribution < -0.4 is 10.6 Å². The van der Waals surface area contributed by atoms with Gasteiger partial charge >= 0.3 is 0 Å². The molecule has 2 N–H and O–H groups in total. The first-order valence-electron chi connectivity index (χ1n) is 8.10. The molecule has 0 spiro atoms. The van der Waals surface area contributed by atoms with Crippen LogP contribution in [0, 0.1) is 0 Å². The third-order valence-corrected chi connectivity index (χ3v) is 3.95. The summed E-state index contributed by atoms with van der Waals surface area (Å²) in [5.41, 5.74) is 2.02. The Bertz CT molecular complexity index is 623. The van der Waals surface area contributed by atoms with Gasteiger partial charge in [0.2, 0.25) is 5.91 Å². The van der Waals surface area contributed by atoms with Gasteiger partial charge < -0.3 is 10.6 Å². The van der Waals surface area contributed by atoms with Gasteiger partial charge in [-0.2, -0.15) is 5.10 Å². The molecule has 1 aromatic carbocycles. The van der Waals surface area contributed by atoms with Gasteiger partial charge in [0.15, 0.2) is 0 Å². The molecule has 1 amide bonds. The molecule has 1 saturated heterocycles. The molecule has 1 aromatic heterocycles. The predicted octanol–water partition coefficient (Wildman–Crippen LogP) is 1.21. The van der Waals surface area contributed by atoms with Crippen molar-refractivity contribution in [2.75, 3.05) is 32.7 Å². The standard InChI is InChI=1S/C17H23N5O.ClH/c23-17(14-21-9-4-7-18-8-10-21)19-11-15-12-20-22(13-15)16-5-2-1-3-6-16;/h1-3,5-6,12-13,18H,4,7-11,14H2,(H,19,23);1H. The predicted molar refractivity (Wildman–Crippen MR) is 96.6 cm³/mol. The zero-order valence-corrected chi connectivity index (χ0v) is 14.5. The van der Waals surface area contributed by atoms with Gasteiger partial charge in [0.25, 0.3) is 0 Å². The van der Waals surface area contributed by atoms with E-state index in [0.717, 1.165) is 43.9 Å². The second-order valence-electron chi connectivity index (χ2n) is 5.79. The Morgan fingerprint density at radius 2 is 2.04 bits per heavy atom. The Morgan fingerprint density at radius 3 is 2.88 bits per heavy atom. The molecule has 0 unspecified atom stereocenters. The van der Waals surface area contributed by atoms with Crippen LogP contribution in [0.4, 0.5) is 0 Å². The number of carbonyl (C=O) groups excluding carboxylic acids is 1. The molecule has 1 aliphatic heterocycles. The van der Waals surface area contributed by atoms with E-state index in [1.165, 1.54) is 0 Å². The van der Waals surface area contributed by atoms with E-state index in [2.05, 4.69) is 20.6 Å². The van der Waals surface area contributed by atoms with Gasteiger partial charge in [-0.15, -0.1) is 12.4 Å². The Labute approximate surface area is 148 Å². The Hall–Kier alpha value is -1.89. The number of para-hydroxylation sites is 1. The van der Waals surface area contributed by atoms with Crippen molar-refractivity contribution >= 4 is 18.3 Å². The quantitative estimate of drug-likeness (QED) is 0.851. The molecular formula is C17H24ClN5O. The fourth-order valence-electron chi connectivity index (χ4n) is 2.69. The number of benzene rings is 1. The molecular weight excluding hydrogens is 326 g/mol. The summed E-state index contributed by atoms with van der Waals surface area (Å²) in [5, 5.41) is 10.7. The number of amides is 1. The van der Waals surface area contributed by atoms with E-state index in [1.54, 1.807) is 6.20 Å². The molecule has 24 heavy (non-hydrogen) atoms. The van der Waals surface area contributed by atoms with Crippen molar-refractivity contribution in [1.29, 1.82) is 0 Å². The van der Waals surface area contributed by atoms with Crippen molar-refractivity contribution in [2.45, 2.75) is 13.0 Å². The number of carbonyl (C=O) groups is 1. The maximum atomic E-state index is 12.1. The molecule has 1 fully saturated rings. The summed E-state index contributed by atoms with van der Waals surface area (Å²) < 4.78 is 1.82. The smallest absolute Gasteiger partial charge is 0.234 e. The topological polar surface area (TPSA) is 62.2 Å². The highest BCUT2D eigenvalue weighted by molar-refractivity contribution is 5.85. The van der Waals surface area contributed by atoms with Gasteiger partial charge in [-0.1, -0.05) is 18.2 Å². The lowest BCUT2D eigenvalue weighted by Gasteiger charge is -2.18. The van der Waals surface area contributed by atoms with Crippen molar-refractivity contribution in [1.82, 2.24) is 25.3 Å². The summed E-state index contributed by atoms with van der Waals surface area (Å²) in [6.45, 7) is 4.88. The first-order valence-corrected chi connectivity index (χ1v) is 8.10. The molecule has 0 aliphatic carbocycles. The van der Waals surface area contributed by atoms with Crippen LogP contribution in [0.1, 0.15) is 12.0 Å². The van der Waals surface area contributed by atoms with E-state index in [4.69, 9.17) is 0 Å². The highest BCUT2D eigenvalue weighted by atomic mass is 35.5. The highest BCUT2D eigenvalue weighted by Crippen LogP contribution is 2.07. The number of hydrogen-bond acceptors (Lipinski definition) is 4. The monoisotopic (exact) mass is 349 g/mol. The maximum Gasteiger partial charge on any atom is 0.234 e. The molecule has 0 atom stereocenters. The molecule has 7 heteroatoms. The second-order valence-corrected chi connectivity index (χ2v) is 5.79. The van der Waals surface area contributed by atoms with Crippen LogP contribution in [-0.2, 0) is 11.3 Å². The third kappa shape index (κ3) is 5.33. The van der Waals surface area contributed by atoms with Gasteiger partial charge in [0.1, 0.15) is 0 Å². The summed E-state index contributed by atoms with van der Waals surface area (Å²) in [4.78, 5) is 14.3. The van der Waals surface area contributed by atoms with Gasteiger partial charge in [-0.05, 0) is 31.6 Å². The van der Waals surface area contributed by atoms with Crippen molar-refractivity contribution in [2.24, 2.45) is 0 Å². The highest BCUT2D eigenvalue weighted by Gasteiger charge is 2.12. The zero-order valence-electron chi connectivity index (χ0n) is 13.6. The average Bonchev–Trinajstić information content (AvgIpc) is 2.91. The van der Waals surface area contributed by atoms with Crippen molar-refractivity contribution in [3.63, 3.8) is 0 Å². The molecule has 130 valence electrons. The molecule has 2 aromatic rings. The number of nitrogens with one attached hydrogen (secondary N) is 2. The van der Waals surface area contributed by atoms with E-state index in [1.807, 2.05) is 41.2 Å². The molecule has 3 rings (SSSR count). The van der Waals surface area contributed by atoms with E-state index >= 15 is 0 Å². The maximum absolute atomic E-state index is 12.1. The minimum absolute atomic E-state index is 0. The van der Waals surface area contributed by atoms with Crippen molar-refractivity contribution in [3.05, 3.63) is 48.3 Å². The number of hydrogen-bond donors (Lipinski definition) is 2. The van der Waals surface area contributed by atoms with Crippen LogP contribution in [-0.4, -0.2) is 53.3 Å². The van der Waals surface area contributed by atoms with Crippen LogP contribution in [0.3, 0.4) is 0 Å². The normalized spacial score (nSPS) is 15.3. The number of aromatic nitrogens is 2. The summed E-state index contributed by atoms with van der Waals surface area (Å²) in [7, 11) is 0. The van der Waals surface area contributed by atoms with Crippen LogP contribution in [0.5, 0.6) is 0 Å². The zero-order chi connectivity index (χ0) is 15.9. The number of halogens is 1. The summed E-state index contributed by atoms with van der Waals surface area (Å²) >= 11 is 0. The van der Waals surface area contributed by atoms with Crippen LogP contribution in [0.25, 0.3) is 5.69 Å². The SMILES string of the molecule is Cl.O=C(CN1CCCNCC1)NCc1cnn(-c2ccccc2)c1. The Morgan fingerprint density at radius 1 is 1.21 bits per heavy atom. The Balaban J connectivity index is 0.00000208. The molecule has 6 nitrogen and oxygen atoms in total. The fourth-order valence-corrected chi connectivity index (χ4v) is 2.69. The lowest BCUT2D eigenvalue weighted by molar-refractivity contribution is -0.122. The Kier molecular flexibility index (Phi) is 7.24. The van der Waals surface area contributed by atoms with E-state index in [-0.39, 0.29) is 18.3 Å². The van der Waals surface area contributed by atoms with Crippen LogP contribution in [0.15, 0.2) is 42.7 Å². The third-order valence-electron chi connectivity index (χ3n) is 3.95. The first-order chi connectivity index (χ1) is 11.3. The minimum atomic E-state index is 0. The number of nitrogens with zero attached hydrogens (tertiary/aromatic N) is 3. The van der Waals surface area contributed by atoms with Crippen molar-refractivity contribution < 1.29 is 4.79 Å². The minimum Gasteiger partial charge on any atom is -0.351 e. The number of rotatable bonds is 5. The molecule has 0 bridgehead atoms. The van der Waals surface area contributed by atoms with Gasteiger partial charge in [0, 0.05) is 31.4 Å². The van der Waals surface area contributed by atoms with Gasteiger partial charge in [0.05, 0.1) is 18.4 Å². The van der Waals surface area contributed by atoms with E-state index < -0.39 is 0 Å². The molecule has 0 saturated carbocycles. The van der Waals surface area contributed by atoms with Crippen LogP contribution in [0.2, 0.25) is 0 Å². The summed E-state index contributed by atoms with van der Waals surface area (Å²) in [6.07, 6.45) is 4.84. The van der Waals surface area contributed by atoms with Gasteiger partial charge in [-0.25, -0.2) is 4.68 Å². The lowest BCUT2D eigenvalue weighted by atomic mass is 10.3. The molecule has 0 radical (unpaired) electrons. The summed E-state index contributed by atoms with van der Waals surface area (Å²) in [5.74, 6) is 0.0689. The molecule has 1 aliphatic rings. The van der Waals surface area contributed by atoms with Gasteiger partial charge in [-0.3, -0.25) is 9.69 Å². The largest absolute Gasteiger partial charge is 0.351 e. The van der Waals surface area contributed by atoms with E-state index in [0.29, 0.717) is 13.1 Å². The van der Waals surface area contributed by atoms with Crippen LogP contribution >= 0.6 is 12.4 Å². The first kappa shape index (κ1) is 18.4. The average molecular weight is 350 g/mol. The van der Waals surface area contributed by atoms with E-state index in [9.17, 15) is 4.79 Å². The summed E-state index contributed by atoms with van der Waals surface area (Å²) in [6, 6.07) is 9.95.